The summed E-state index contributed by atoms with van der Waals surface area (Å²) in [5.41, 5.74) is 0.0492. The minimum Gasteiger partial charge on any atom is -0.395 e. The molecule has 1 saturated heterocycles. The van der Waals surface area contributed by atoms with Crippen LogP contribution in [0.3, 0.4) is 0 Å². The van der Waals surface area contributed by atoms with Gasteiger partial charge in [-0.25, -0.2) is 4.68 Å². The fourth-order valence-electron chi connectivity index (χ4n) is 2.24. The zero-order valence-electron chi connectivity index (χ0n) is 10.3. The smallest absolute Gasteiger partial charge is 0.331 e. The van der Waals surface area contributed by atoms with E-state index in [-0.39, 0.29) is 12.3 Å². The predicted molar refractivity (Wildman–Crippen MR) is 65.6 cm³/mol. The van der Waals surface area contributed by atoms with Gasteiger partial charge in [-0.2, -0.15) is 5.10 Å². The van der Waals surface area contributed by atoms with Crippen LogP contribution in [-0.4, -0.2) is 64.0 Å². The molecule has 1 N–H and O–H groups in total. The van der Waals surface area contributed by atoms with E-state index in [2.05, 4.69) is 10.00 Å². The molecule has 1 fully saturated rings. The largest absolute Gasteiger partial charge is 0.395 e. The van der Waals surface area contributed by atoms with Crippen LogP contribution in [0.5, 0.6) is 0 Å². The Balaban J connectivity index is 2.09. The van der Waals surface area contributed by atoms with Crippen LogP contribution in [0.25, 0.3) is 0 Å². The van der Waals surface area contributed by atoms with Gasteiger partial charge in [0, 0.05) is 39.8 Å². The molecule has 0 bridgehead atoms. The number of aliphatic hydroxyl groups excluding tert-OH is 1. The van der Waals surface area contributed by atoms with E-state index in [1.54, 1.807) is 11.7 Å². The van der Waals surface area contributed by atoms with Gasteiger partial charge < -0.3 is 10.0 Å². The molecule has 0 unspecified atom stereocenters. The molecule has 18 heavy (non-hydrogen) atoms. The number of aryl methyl sites for hydroxylation is 1. The Morgan fingerprint density at radius 2 is 2.11 bits per heavy atom. The van der Waals surface area contributed by atoms with Gasteiger partial charge in [0.25, 0.3) is 0 Å². The Morgan fingerprint density at radius 1 is 1.44 bits per heavy atom. The van der Waals surface area contributed by atoms with E-state index >= 15 is 0 Å². The second-order valence-electron chi connectivity index (χ2n) is 4.29. The van der Waals surface area contributed by atoms with Crippen molar-refractivity contribution >= 4 is 11.5 Å². The van der Waals surface area contributed by atoms with E-state index in [0.717, 1.165) is 13.1 Å². The van der Waals surface area contributed by atoms with Crippen molar-refractivity contribution in [3.8, 4) is 0 Å². The van der Waals surface area contributed by atoms with Gasteiger partial charge in [-0.05, 0) is 0 Å². The van der Waals surface area contributed by atoms with Crippen molar-refractivity contribution < 1.29 is 10.0 Å². The van der Waals surface area contributed by atoms with Gasteiger partial charge >= 0.3 is 5.69 Å². The summed E-state index contributed by atoms with van der Waals surface area (Å²) in [6.45, 7) is 3.81. The second kappa shape index (κ2) is 5.32. The molecule has 0 spiro atoms. The lowest BCUT2D eigenvalue weighted by atomic mass is 10.3. The second-order valence-corrected chi connectivity index (χ2v) is 4.29. The first-order valence-corrected chi connectivity index (χ1v) is 5.88. The van der Waals surface area contributed by atoms with Crippen molar-refractivity contribution in [3.05, 3.63) is 16.3 Å². The highest BCUT2D eigenvalue weighted by molar-refractivity contribution is 5.57. The minimum atomic E-state index is -0.400. The third-order valence-electron chi connectivity index (χ3n) is 3.17. The molecule has 0 amide bonds. The summed E-state index contributed by atoms with van der Waals surface area (Å²) in [5, 5.41) is 23.7. The number of aromatic nitrogens is 2. The average Bonchev–Trinajstić information content (AvgIpc) is 2.73. The van der Waals surface area contributed by atoms with Crippen LogP contribution in [0.2, 0.25) is 0 Å². The van der Waals surface area contributed by atoms with Crippen LogP contribution < -0.4 is 4.90 Å². The van der Waals surface area contributed by atoms with Crippen molar-refractivity contribution in [2.24, 2.45) is 7.05 Å². The minimum absolute atomic E-state index is 0.0492. The number of aliphatic hydroxyl groups is 1. The Labute approximate surface area is 105 Å². The number of nitrogens with zero attached hydrogens (tertiary/aromatic N) is 5. The normalized spacial score (nSPS) is 17.1. The maximum absolute atomic E-state index is 10.9. The topological polar surface area (TPSA) is 87.7 Å². The quantitative estimate of drug-likeness (QED) is 0.573. The first-order chi connectivity index (χ1) is 8.63. The highest BCUT2D eigenvalue weighted by Crippen LogP contribution is 2.27. The Bertz CT molecular complexity index is 425. The van der Waals surface area contributed by atoms with E-state index in [0.29, 0.717) is 25.5 Å². The average molecular weight is 255 g/mol. The third-order valence-corrected chi connectivity index (χ3v) is 3.17. The van der Waals surface area contributed by atoms with E-state index in [1.807, 2.05) is 4.90 Å². The summed E-state index contributed by atoms with van der Waals surface area (Å²) < 4.78 is 1.54. The molecule has 2 heterocycles. The molecule has 100 valence electrons. The standard InChI is InChI=1S/C10H17N5O3/c1-12-10(9(8-11-12)15(17)18)14-4-2-13(3-5-14)6-7-16/h8,16H,2-7H2,1H3. The fourth-order valence-corrected chi connectivity index (χ4v) is 2.24. The molecule has 0 aromatic carbocycles. The number of hydrogen-bond acceptors (Lipinski definition) is 6. The lowest BCUT2D eigenvalue weighted by molar-refractivity contribution is -0.384. The predicted octanol–water partition coefficient (Wildman–Crippen LogP) is -0.557. The molecule has 8 heteroatoms. The monoisotopic (exact) mass is 255 g/mol. The molecule has 1 aromatic heterocycles. The van der Waals surface area contributed by atoms with Crippen LogP contribution in [0.1, 0.15) is 0 Å². The fraction of sp³-hybridized carbons (Fsp3) is 0.700. The zero-order valence-corrected chi connectivity index (χ0v) is 10.3. The Hall–Kier alpha value is -1.67. The molecule has 8 nitrogen and oxygen atoms in total. The molecular weight excluding hydrogens is 238 g/mol. The molecule has 0 saturated carbocycles. The first kappa shape index (κ1) is 12.8. The van der Waals surface area contributed by atoms with E-state index < -0.39 is 4.92 Å². The van der Waals surface area contributed by atoms with Crippen LogP contribution in [0.4, 0.5) is 11.5 Å². The molecule has 0 aliphatic carbocycles. The molecule has 1 aliphatic rings. The molecule has 0 atom stereocenters. The molecule has 2 rings (SSSR count). The van der Waals surface area contributed by atoms with Crippen molar-refractivity contribution in [2.45, 2.75) is 0 Å². The summed E-state index contributed by atoms with van der Waals surface area (Å²) >= 11 is 0. The highest BCUT2D eigenvalue weighted by atomic mass is 16.6. The van der Waals surface area contributed by atoms with Gasteiger partial charge in [0.15, 0.2) is 0 Å². The summed E-state index contributed by atoms with van der Waals surface area (Å²) in [5.74, 6) is 0.559. The van der Waals surface area contributed by atoms with Crippen molar-refractivity contribution in [1.29, 1.82) is 0 Å². The van der Waals surface area contributed by atoms with Gasteiger partial charge in [0.2, 0.25) is 5.82 Å². The van der Waals surface area contributed by atoms with Gasteiger partial charge in [0.1, 0.15) is 6.20 Å². The van der Waals surface area contributed by atoms with Gasteiger partial charge in [-0.3, -0.25) is 15.0 Å². The van der Waals surface area contributed by atoms with Gasteiger partial charge in [0.05, 0.1) is 11.5 Å². The van der Waals surface area contributed by atoms with Crippen molar-refractivity contribution in [2.75, 3.05) is 44.2 Å². The molecule has 0 radical (unpaired) electrons. The number of rotatable bonds is 4. The SMILES string of the molecule is Cn1ncc([N+](=O)[O-])c1N1CCN(CCO)CC1. The number of piperazine rings is 1. The summed E-state index contributed by atoms with van der Waals surface area (Å²) in [6.07, 6.45) is 1.29. The summed E-state index contributed by atoms with van der Waals surface area (Å²) in [6, 6.07) is 0. The number of β-amino-alcohol motifs (C(OH)–C–C–N with tert-alkyl or cyclic N) is 1. The van der Waals surface area contributed by atoms with Crippen LogP contribution >= 0.6 is 0 Å². The third kappa shape index (κ3) is 2.44. The first-order valence-electron chi connectivity index (χ1n) is 5.88. The van der Waals surface area contributed by atoms with E-state index in [9.17, 15) is 10.1 Å². The van der Waals surface area contributed by atoms with Gasteiger partial charge in [-0.1, -0.05) is 0 Å². The number of hydrogen-bond donors (Lipinski definition) is 1. The van der Waals surface area contributed by atoms with Crippen LogP contribution in [0.15, 0.2) is 6.20 Å². The number of anilines is 1. The Morgan fingerprint density at radius 3 is 2.67 bits per heavy atom. The van der Waals surface area contributed by atoms with Crippen LogP contribution in [0, 0.1) is 10.1 Å². The maximum atomic E-state index is 10.9. The van der Waals surface area contributed by atoms with Crippen molar-refractivity contribution in [3.63, 3.8) is 0 Å². The zero-order chi connectivity index (χ0) is 13.1. The molecule has 1 aromatic rings. The highest BCUT2D eigenvalue weighted by Gasteiger charge is 2.27. The van der Waals surface area contributed by atoms with Gasteiger partial charge in [-0.15, -0.1) is 0 Å². The molecule has 1 aliphatic heterocycles. The Kier molecular flexibility index (Phi) is 3.78. The summed E-state index contributed by atoms with van der Waals surface area (Å²) in [7, 11) is 1.71. The summed E-state index contributed by atoms with van der Waals surface area (Å²) in [4.78, 5) is 14.6. The lowest BCUT2D eigenvalue weighted by Gasteiger charge is -2.34. The lowest BCUT2D eigenvalue weighted by Crippen LogP contribution is -2.47. The van der Waals surface area contributed by atoms with Crippen molar-refractivity contribution in [1.82, 2.24) is 14.7 Å². The molecular formula is C10H17N5O3. The van der Waals surface area contributed by atoms with E-state index in [4.69, 9.17) is 5.11 Å². The number of nitro groups is 1. The van der Waals surface area contributed by atoms with Crippen LogP contribution in [-0.2, 0) is 7.05 Å². The van der Waals surface area contributed by atoms with E-state index in [1.165, 1.54) is 6.20 Å². The maximum Gasteiger partial charge on any atom is 0.331 e.